The molecular weight excluding hydrogens is 270 g/mol. The van der Waals surface area contributed by atoms with Gasteiger partial charge in [-0.1, -0.05) is 79.9 Å². The standard InChI is InChI=1S/C20H25NO/c22-21(16-17-10-4-1-5-11-17)20(18-12-6-2-7-13-18)19-14-8-3-9-15-19/h1-2,4-7,10-13,19-20,22H,3,8-9,14-16H2. The van der Waals surface area contributed by atoms with Crippen LogP contribution >= 0.6 is 0 Å². The number of hydrogen-bond donors (Lipinski definition) is 1. The Bertz CT molecular complexity index is 548. The Balaban J connectivity index is 1.81. The highest BCUT2D eigenvalue weighted by molar-refractivity contribution is 5.21. The van der Waals surface area contributed by atoms with E-state index < -0.39 is 0 Å². The van der Waals surface area contributed by atoms with Crippen molar-refractivity contribution in [2.45, 2.75) is 44.7 Å². The first-order chi connectivity index (χ1) is 10.8. The van der Waals surface area contributed by atoms with Crippen LogP contribution in [0.3, 0.4) is 0 Å². The average Bonchev–Trinajstić information content (AvgIpc) is 2.58. The first-order valence-electron chi connectivity index (χ1n) is 8.39. The summed E-state index contributed by atoms with van der Waals surface area (Å²) in [6.45, 7) is 0.580. The molecular formula is C20H25NO. The lowest BCUT2D eigenvalue weighted by molar-refractivity contribution is -0.155. The maximum atomic E-state index is 10.8. The summed E-state index contributed by atoms with van der Waals surface area (Å²) in [7, 11) is 0. The lowest BCUT2D eigenvalue weighted by atomic mass is 9.81. The van der Waals surface area contributed by atoms with Crippen molar-refractivity contribution in [3.63, 3.8) is 0 Å². The summed E-state index contributed by atoms with van der Waals surface area (Å²) in [4.78, 5) is 0. The quantitative estimate of drug-likeness (QED) is 0.766. The van der Waals surface area contributed by atoms with E-state index in [1.807, 2.05) is 24.3 Å². The highest BCUT2D eigenvalue weighted by atomic mass is 16.5. The molecule has 3 rings (SSSR count). The van der Waals surface area contributed by atoms with E-state index in [1.165, 1.54) is 37.7 Å². The predicted molar refractivity (Wildman–Crippen MR) is 89.5 cm³/mol. The second-order valence-corrected chi connectivity index (χ2v) is 6.34. The maximum Gasteiger partial charge on any atom is 0.0631 e. The molecule has 0 aliphatic heterocycles. The van der Waals surface area contributed by atoms with Crippen molar-refractivity contribution in [3.8, 4) is 0 Å². The van der Waals surface area contributed by atoms with Gasteiger partial charge in [-0.25, -0.2) is 0 Å². The summed E-state index contributed by atoms with van der Waals surface area (Å²) in [6, 6.07) is 20.8. The number of hydroxylamine groups is 2. The number of benzene rings is 2. The fourth-order valence-corrected chi connectivity index (χ4v) is 3.66. The molecule has 116 valence electrons. The summed E-state index contributed by atoms with van der Waals surface area (Å²) >= 11 is 0. The van der Waals surface area contributed by atoms with Crippen LogP contribution in [0, 0.1) is 5.92 Å². The normalized spacial score (nSPS) is 17.5. The highest BCUT2D eigenvalue weighted by Gasteiger charge is 2.29. The van der Waals surface area contributed by atoms with Gasteiger partial charge in [0, 0.05) is 6.54 Å². The van der Waals surface area contributed by atoms with Gasteiger partial charge in [0.05, 0.1) is 6.04 Å². The van der Waals surface area contributed by atoms with Gasteiger partial charge in [-0.2, -0.15) is 5.06 Å². The Morgan fingerprint density at radius 3 is 2.09 bits per heavy atom. The van der Waals surface area contributed by atoms with Crippen LogP contribution in [0.25, 0.3) is 0 Å². The van der Waals surface area contributed by atoms with Crippen molar-refractivity contribution in [2.24, 2.45) is 5.92 Å². The summed E-state index contributed by atoms with van der Waals surface area (Å²) in [5.41, 5.74) is 2.38. The third-order valence-electron chi connectivity index (χ3n) is 4.75. The second-order valence-electron chi connectivity index (χ2n) is 6.34. The average molecular weight is 295 g/mol. The van der Waals surface area contributed by atoms with Gasteiger partial charge in [0.25, 0.3) is 0 Å². The summed E-state index contributed by atoms with van der Waals surface area (Å²) in [5.74, 6) is 0.546. The van der Waals surface area contributed by atoms with Crippen LogP contribution in [0.4, 0.5) is 0 Å². The number of rotatable bonds is 5. The van der Waals surface area contributed by atoms with Gasteiger partial charge < -0.3 is 5.21 Å². The fourth-order valence-electron chi connectivity index (χ4n) is 3.66. The van der Waals surface area contributed by atoms with Crippen LogP contribution in [0.15, 0.2) is 60.7 Å². The van der Waals surface area contributed by atoms with E-state index in [1.54, 1.807) is 5.06 Å². The van der Waals surface area contributed by atoms with E-state index in [0.717, 1.165) is 5.56 Å². The predicted octanol–water partition coefficient (Wildman–Crippen LogP) is 5.20. The molecule has 0 bridgehead atoms. The van der Waals surface area contributed by atoms with Gasteiger partial charge in [-0.05, 0) is 29.9 Å². The molecule has 1 saturated carbocycles. The molecule has 1 atom stereocenters. The van der Waals surface area contributed by atoms with Crippen LogP contribution in [0.1, 0.15) is 49.3 Å². The van der Waals surface area contributed by atoms with E-state index in [2.05, 4.69) is 36.4 Å². The molecule has 0 radical (unpaired) electrons. The molecule has 1 aliphatic carbocycles. The molecule has 2 heteroatoms. The Morgan fingerprint density at radius 2 is 1.45 bits per heavy atom. The smallest absolute Gasteiger partial charge is 0.0631 e. The zero-order valence-electron chi connectivity index (χ0n) is 13.1. The third kappa shape index (κ3) is 3.76. The Hall–Kier alpha value is -1.64. The Morgan fingerprint density at radius 1 is 0.864 bits per heavy atom. The monoisotopic (exact) mass is 295 g/mol. The molecule has 0 heterocycles. The molecule has 1 unspecified atom stereocenters. The van der Waals surface area contributed by atoms with E-state index in [0.29, 0.717) is 12.5 Å². The zero-order chi connectivity index (χ0) is 15.2. The third-order valence-corrected chi connectivity index (χ3v) is 4.75. The molecule has 2 nitrogen and oxygen atoms in total. The molecule has 2 aromatic rings. The van der Waals surface area contributed by atoms with Crippen LogP contribution in [0.5, 0.6) is 0 Å². The largest absolute Gasteiger partial charge is 0.313 e. The molecule has 0 amide bonds. The minimum Gasteiger partial charge on any atom is -0.313 e. The van der Waals surface area contributed by atoms with Crippen molar-refractivity contribution in [1.82, 2.24) is 5.06 Å². The van der Waals surface area contributed by atoms with Crippen LogP contribution in [-0.2, 0) is 6.54 Å². The molecule has 0 saturated heterocycles. The molecule has 1 fully saturated rings. The minimum absolute atomic E-state index is 0.0988. The fraction of sp³-hybridized carbons (Fsp3) is 0.400. The summed E-state index contributed by atoms with van der Waals surface area (Å²) < 4.78 is 0. The van der Waals surface area contributed by atoms with Gasteiger partial charge in [-0.15, -0.1) is 0 Å². The maximum absolute atomic E-state index is 10.8. The lowest BCUT2D eigenvalue weighted by Crippen LogP contribution is -2.32. The van der Waals surface area contributed by atoms with Crippen molar-refractivity contribution in [3.05, 3.63) is 71.8 Å². The number of hydrogen-bond acceptors (Lipinski definition) is 2. The molecule has 22 heavy (non-hydrogen) atoms. The molecule has 1 aliphatic rings. The van der Waals surface area contributed by atoms with Gasteiger partial charge in [-0.3, -0.25) is 0 Å². The van der Waals surface area contributed by atoms with Gasteiger partial charge >= 0.3 is 0 Å². The van der Waals surface area contributed by atoms with Crippen LogP contribution in [0.2, 0.25) is 0 Å². The highest BCUT2D eigenvalue weighted by Crippen LogP contribution is 2.38. The zero-order valence-corrected chi connectivity index (χ0v) is 13.1. The SMILES string of the molecule is ON(Cc1ccccc1)C(c1ccccc1)C1CCCCC1. The van der Waals surface area contributed by atoms with Gasteiger partial charge in [0.15, 0.2) is 0 Å². The Kier molecular flexibility index (Phi) is 5.25. The first kappa shape index (κ1) is 15.3. The van der Waals surface area contributed by atoms with E-state index in [-0.39, 0.29) is 6.04 Å². The van der Waals surface area contributed by atoms with Crippen LogP contribution in [-0.4, -0.2) is 10.3 Å². The van der Waals surface area contributed by atoms with Gasteiger partial charge in [0.1, 0.15) is 0 Å². The number of nitrogens with zero attached hydrogens (tertiary/aromatic N) is 1. The van der Waals surface area contributed by atoms with E-state index >= 15 is 0 Å². The molecule has 1 N–H and O–H groups in total. The molecule has 0 spiro atoms. The minimum atomic E-state index is 0.0988. The van der Waals surface area contributed by atoms with Crippen molar-refractivity contribution in [1.29, 1.82) is 0 Å². The van der Waals surface area contributed by atoms with Crippen molar-refractivity contribution < 1.29 is 5.21 Å². The van der Waals surface area contributed by atoms with Crippen molar-refractivity contribution in [2.75, 3.05) is 0 Å². The summed E-state index contributed by atoms with van der Waals surface area (Å²) in [6.07, 6.45) is 6.33. The second kappa shape index (κ2) is 7.57. The molecule has 0 aromatic heterocycles. The Labute approximate surface area is 133 Å². The first-order valence-corrected chi connectivity index (χ1v) is 8.39. The van der Waals surface area contributed by atoms with Crippen molar-refractivity contribution >= 4 is 0 Å². The van der Waals surface area contributed by atoms with Crippen LogP contribution < -0.4 is 0 Å². The topological polar surface area (TPSA) is 23.5 Å². The lowest BCUT2D eigenvalue weighted by Gasteiger charge is -2.35. The van der Waals surface area contributed by atoms with E-state index in [9.17, 15) is 5.21 Å². The summed E-state index contributed by atoms with van der Waals surface area (Å²) in [5, 5.41) is 12.4. The van der Waals surface area contributed by atoms with Gasteiger partial charge in [0.2, 0.25) is 0 Å². The molecule has 2 aromatic carbocycles. The van der Waals surface area contributed by atoms with E-state index in [4.69, 9.17) is 0 Å².